The molecule has 0 amide bonds. The van der Waals surface area contributed by atoms with Crippen LogP contribution in [0, 0.1) is 0 Å². The van der Waals surface area contributed by atoms with Gasteiger partial charge in [0.05, 0.1) is 0 Å². The number of allylic oxidation sites excluding steroid dienone is 3. The first-order chi connectivity index (χ1) is 6.24. The zero-order chi connectivity index (χ0) is 9.68. The van der Waals surface area contributed by atoms with E-state index >= 15 is 0 Å². The topological polar surface area (TPSA) is 0 Å². The molecule has 0 atom stereocenters. The van der Waals surface area contributed by atoms with Crippen molar-refractivity contribution >= 4 is 21.5 Å². The molecule has 0 heterocycles. The molecule has 0 N–H and O–H groups in total. The number of hydrogen-bond donors (Lipinski definition) is 0. The van der Waals surface area contributed by atoms with E-state index in [1.807, 2.05) is 12.1 Å². The SMILES string of the molecule is C=C(/C=C\CC)c1ccc(Br)cc1. The summed E-state index contributed by atoms with van der Waals surface area (Å²) in [6.07, 6.45) is 5.23. The Morgan fingerprint density at radius 3 is 2.54 bits per heavy atom. The number of benzene rings is 1. The second kappa shape index (κ2) is 5.03. The molecule has 0 spiro atoms. The quantitative estimate of drug-likeness (QED) is 0.682. The van der Waals surface area contributed by atoms with Gasteiger partial charge in [-0.25, -0.2) is 0 Å². The van der Waals surface area contributed by atoms with Gasteiger partial charge in [0.1, 0.15) is 0 Å². The lowest BCUT2D eigenvalue weighted by Crippen LogP contribution is -1.77. The Bertz CT molecular complexity index is 306. The third kappa shape index (κ3) is 3.19. The van der Waals surface area contributed by atoms with Gasteiger partial charge in [-0.3, -0.25) is 0 Å². The largest absolute Gasteiger partial charge is 0.0912 e. The van der Waals surface area contributed by atoms with Crippen molar-refractivity contribution in [2.24, 2.45) is 0 Å². The lowest BCUT2D eigenvalue weighted by molar-refractivity contribution is 1.23. The maximum absolute atomic E-state index is 3.99. The highest BCUT2D eigenvalue weighted by Gasteiger charge is 1.93. The van der Waals surface area contributed by atoms with E-state index in [9.17, 15) is 0 Å². The maximum Gasteiger partial charge on any atom is 0.0175 e. The molecule has 0 saturated carbocycles. The van der Waals surface area contributed by atoms with Crippen molar-refractivity contribution in [1.29, 1.82) is 0 Å². The van der Waals surface area contributed by atoms with Gasteiger partial charge in [-0.2, -0.15) is 0 Å². The Labute approximate surface area is 88.1 Å². The summed E-state index contributed by atoms with van der Waals surface area (Å²) in [5.74, 6) is 0. The third-order valence-electron chi connectivity index (χ3n) is 1.77. The molecule has 0 aliphatic rings. The molecule has 0 unspecified atom stereocenters. The minimum atomic E-state index is 1.05. The molecule has 68 valence electrons. The van der Waals surface area contributed by atoms with Crippen molar-refractivity contribution in [3.63, 3.8) is 0 Å². The molecule has 0 bridgehead atoms. The number of halogens is 1. The minimum absolute atomic E-state index is 1.05. The van der Waals surface area contributed by atoms with Crippen LogP contribution >= 0.6 is 15.9 Å². The van der Waals surface area contributed by atoms with Crippen molar-refractivity contribution in [1.82, 2.24) is 0 Å². The molecule has 1 rings (SSSR count). The van der Waals surface area contributed by atoms with Crippen LogP contribution < -0.4 is 0 Å². The van der Waals surface area contributed by atoms with Gasteiger partial charge in [0.15, 0.2) is 0 Å². The summed E-state index contributed by atoms with van der Waals surface area (Å²) >= 11 is 3.40. The Morgan fingerprint density at radius 2 is 2.00 bits per heavy atom. The van der Waals surface area contributed by atoms with Gasteiger partial charge in [0.2, 0.25) is 0 Å². The molecule has 13 heavy (non-hydrogen) atoms. The molecule has 0 aliphatic heterocycles. The van der Waals surface area contributed by atoms with Crippen LogP contribution in [0.1, 0.15) is 18.9 Å². The summed E-state index contributed by atoms with van der Waals surface area (Å²) in [7, 11) is 0. The van der Waals surface area contributed by atoms with E-state index in [4.69, 9.17) is 0 Å². The summed E-state index contributed by atoms with van der Waals surface area (Å²) in [5, 5.41) is 0. The van der Waals surface area contributed by atoms with Crippen molar-refractivity contribution in [2.45, 2.75) is 13.3 Å². The molecule has 0 fully saturated rings. The normalized spacial score (nSPS) is 10.6. The smallest absolute Gasteiger partial charge is 0.0175 e. The van der Waals surface area contributed by atoms with Gasteiger partial charge in [-0.1, -0.05) is 53.7 Å². The molecule has 1 heteroatoms. The van der Waals surface area contributed by atoms with E-state index < -0.39 is 0 Å². The summed E-state index contributed by atoms with van der Waals surface area (Å²) in [6.45, 7) is 6.11. The Kier molecular flexibility index (Phi) is 3.97. The fourth-order valence-corrected chi connectivity index (χ4v) is 1.28. The lowest BCUT2D eigenvalue weighted by atomic mass is 10.1. The Hall–Kier alpha value is -0.820. The lowest BCUT2D eigenvalue weighted by Gasteiger charge is -1.99. The zero-order valence-electron chi connectivity index (χ0n) is 7.76. The van der Waals surface area contributed by atoms with Gasteiger partial charge in [0, 0.05) is 4.47 Å². The van der Waals surface area contributed by atoms with Crippen LogP contribution in [0.5, 0.6) is 0 Å². The molecular weight excluding hydrogens is 224 g/mol. The fraction of sp³-hybridized carbons (Fsp3) is 0.167. The van der Waals surface area contributed by atoms with Crippen LogP contribution in [0.3, 0.4) is 0 Å². The van der Waals surface area contributed by atoms with Gasteiger partial charge in [-0.05, 0) is 29.7 Å². The first-order valence-electron chi connectivity index (χ1n) is 4.35. The van der Waals surface area contributed by atoms with Crippen LogP contribution in [-0.2, 0) is 0 Å². The first kappa shape index (κ1) is 10.3. The molecular formula is C12H13Br. The van der Waals surface area contributed by atoms with E-state index in [1.54, 1.807) is 0 Å². The molecule has 0 aliphatic carbocycles. The fourth-order valence-electron chi connectivity index (χ4n) is 1.02. The average Bonchev–Trinajstić information content (AvgIpc) is 2.15. The van der Waals surface area contributed by atoms with Gasteiger partial charge in [-0.15, -0.1) is 0 Å². The first-order valence-corrected chi connectivity index (χ1v) is 5.14. The van der Waals surface area contributed by atoms with Crippen LogP contribution in [-0.4, -0.2) is 0 Å². The van der Waals surface area contributed by atoms with Crippen LogP contribution in [0.2, 0.25) is 0 Å². The molecule has 0 nitrogen and oxygen atoms in total. The van der Waals surface area contributed by atoms with E-state index in [2.05, 4.69) is 53.7 Å². The van der Waals surface area contributed by atoms with Crippen LogP contribution in [0.25, 0.3) is 5.57 Å². The summed E-state index contributed by atoms with van der Waals surface area (Å²) < 4.78 is 1.10. The molecule has 0 radical (unpaired) electrons. The van der Waals surface area contributed by atoms with E-state index in [1.165, 1.54) is 5.56 Å². The van der Waals surface area contributed by atoms with Gasteiger partial charge in [0.25, 0.3) is 0 Å². The molecule has 1 aromatic rings. The van der Waals surface area contributed by atoms with Crippen LogP contribution in [0.15, 0.2) is 47.5 Å². The highest BCUT2D eigenvalue weighted by molar-refractivity contribution is 9.10. The predicted octanol–water partition coefficient (Wildman–Crippen LogP) is 4.43. The molecule has 0 saturated heterocycles. The number of hydrogen-bond acceptors (Lipinski definition) is 0. The Balaban J connectivity index is 2.78. The second-order valence-corrected chi connectivity index (χ2v) is 3.76. The van der Waals surface area contributed by atoms with Crippen molar-refractivity contribution in [2.75, 3.05) is 0 Å². The Morgan fingerprint density at radius 1 is 1.38 bits per heavy atom. The van der Waals surface area contributed by atoms with Gasteiger partial charge >= 0.3 is 0 Å². The van der Waals surface area contributed by atoms with Crippen LogP contribution in [0.4, 0.5) is 0 Å². The predicted molar refractivity (Wildman–Crippen MR) is 62.6 cm³/mol. The molecule has 1 aromatic carbocycles. The zero-order valence-corrected chi connectivity index (χ0v) is 9.34. The summed E-state index contributed by atoms with van der Waals surface area (Å²) in [6, 6.07) is 8.18. The van der Waals surface area contributed by atoms with Crippen molar-refractivity contribution in [3.05, 3.63) is 53.0 Å². The highest BCUT2D eigenvalue weighted by Crippen LogP contribution is 2.17. The minimum Gasteiger partial charge on any atom is -0.0912 e. The molecule has 0 aromatic heterocycles. The summed E-state index contributed by atoms with van der Waals surface area (Å²) in [4.78, 5) is 0. The van der Waals surface area contributed by atoms with E-state index in [0.29, 0.717) is 0 Å². The monoisotopic (exact) mass is 236 g/mol. The van der Waals surface area contributed by atoms with Crippen molar-refractivity contribution < 1.29 is 0 Å². The average molecular weight is 237 g/mol. The summed E-state index contributed by atoms with van der Waals surface area (Å²) in [5.41, 5.74) is 2.24. The van der Waals surface area contributed by atoms with E-state index in [0.717, 1.165) is 16.5 Å². The standard InChI is InChI=1S/C12H13Br/c1-3-4-5-10(2)11-6-8-12(13)9-7-11/h4-9H,2-3H2,1H3/b5-4-. The second-order valence-electron chi connectivity index (χ2n) is 2.84. The van der Waals surface area contributed by atoms with Crippen molar-refractivity contribution in [3.8, 4) is 0 Å². The third-order valence-corrected chi connectivity index (χ3v) is 2.30. The number of rotatable bonds is 3. The highest BCUT2D eigenvalue weighted by atomic mass is 79.9. The van der Waals surface area contributed by atoms with E-state index in [-0.39, 0.29) is 0 Å². The van der Waals surface area contributed by atoms with Gasteiger partial charge < -0.3 is 0 Å². The maximum atomic E-state index is 3.99.